The lowest BCUT2D eigenvalue weighted by atomic mass is 9.89. The van der Waals surface area contributed by atoms with Gasteiger partial charge in [0, 0.05) is 58.5 Å². The first-order valence-electron chi connectivity index (χ1n) is 7.58. The van der Waals surface area contributed by atoms with Crippen molar-refractivity contribution in [2.45, 2.75) is 43.9 Å². The second-order valence-corrected chi connectivity index (χ2v) is 6.07. The topological polar surface area (TPSA) is 27.7 Å². The molecule has 3 rings (SSSR count). The Morgan fingerprint density at radius 3 is 2.50 bits per heavy atom. The van der Waals surface area contributed by atoms with Gasteiger partial charge in [-0.25, -0.2) is 0 Å². The Kier molecular flexibility index (Phi) is 4.19. The summed E-state index contributed by atoms with van der Waals surface area (Å²) in [6.07, 6.45) is 5.76. The van der Waals surface area contributed by atoms with Gasteiger partial charge in [-0.3, -0.25) is 9.80 Å². The van der Waals surface area contributed by atoms with Crippen molar-refractivity contribution in [1.82, 2.24) is 15.1 Å². The van der Waals surface area contributed by atoms with E-state index in [1.165, 1.54) is 65.0 Å². The average Bonchev–Trinajstić information content (AvgIpc) is 2.39. The van der Waals surface area contributed by atoms with E-state index in [9.17, 15) is 0 Å². The molecule has 4 heteroatoms. The van der Waals surface area contributed by atoms with Crippen molar-refractivity contribution in [3.63, 3.8) is 0 Å². The highest BCUT2D eigenvalue weighted by molar-refractivity contribution is 4.94. The van der Waals surface area contributed by atoms with E-state index in [4.69, 9.17) is 4.74 Å². The molecule has 18 heavy (non-hydrogen) atoms. The summed E-state index contributed by atoms with van der Waals surface area (Å²) in [5.74, 6) is 0. The van der Waals surface area contributed by atoms with Crippen LogP contribution in [0.4, 0.5) is 0 Å². The van der Waals surface area contributed by atoms with E-state index < -0.39 is 0 Å². The fourth-order valence-electron chi connectivity index (χ4n) is 3.73. The lowest BCUT2D eigenvalue weighted by molar-refractivity contribution is -0.0365. The molecule has 2 unspecified atom stereocenters. The summed E-state index contributed by atoms with van der Waals surface area (Å²) in [7, 11) is 1.87. The van der Waals surface area contributed by atoms with Crippen molar-refractivity contribution >= 4 is 0 Å². The summed E-state index contributed by atoms with van der Waals surface area (Å²) in [5, 5.41) is 3.43. The van der Waals surface area contributed by atoms with Gasteiger partial charge in [0.1, 0.15) is 0 Å². The first-order valence-corrected chi connectivity index (χ1v) is 7.58. The Balaban J connectivity index is 1.43. The predicted molar refractivity (Wildman–Crippen MR) is 72.9 cm³/mol. The summed E-state index contributed by atoms with van der Waals surface area (Å²) in [4.78, 5) is 5.36. The normalized spacial score (nSPS) is 36.5. The SMILES string of the molecule is COC1CCCC(N2CC(N3CCNCC3)C2)C1. The molecule has 2 aliphatic heterocycles. The molecular formula is C14H27N3O. The Hall–Kier alpha value is -0.160. The summed E-state index contributed by atoms with van der Waals surface area (Å²) >= 11 is 0. The van der Waals surface area contributed by atoms with E-state index in [1.54, 1.807) is 0 Å². The van der Waals surface area contributed by atoms with Gasteiger partial charge in [-0.05, 0) is 25.7 Å². The summed E-state index contributed by atoms with van der Waals surface area (Å²) in [5.41, 5.74) is 0. The number of nitrogens with one attached hydrogen (secondary N) is 1. The molecule has 2 heterocycles. The van der Waals surface area contributed by atoms with Gasteiger partial charge in [0.2, 0.25) is 0 Å². The van der Waals surface area contributed by atoms with Crippen LogP contribution in [0.5, 0.6) is 0 Å². The number of hydrogen-bond acceptors (Lipinski definition) is 4. The van der Waals surface area contributed by atoms with Gasteiger partial charge in [0.25, 0.3) is 0 Å². The van der Waals surface area contributed by atoms with Crippen molar-refractivity contribution in [3.8, 4) is 0 Å². The summed E-state index contributed by atoms with van der Waals surface area (Å²) in [6, 6.07) is 1.62. The minimum Gasteiger partial charge on any atom is -0.381 e. The molecule has 1 saturated carbocycles. The highest BCUT2D eigenvalue weighted by Crippen LogP contribution is 2.29. The molecule has 3 aliphatic rings. The summed E-state index contributed by atoms with van der Waals surface area (Å²) < 4.78 is 5.54. The molecular weight excluding hydrogens is 226 g/mol. The zero-order chi connectivity index (χ0) is 12.4. The minimum absolute atomic E-state index is 0.516. The number of methoxy groups -OCH3 is 1. The van der Waals surface area contributed by atoms with Gasteiger partial charge in [-0.1, -0.05) is 0 Å². The maximum atomic E-state index is 5.54. The van der Waals surface area contributed by atoms with E-state index in [1.807, 2.05) is 7.11 Å². The monoisotopic (exact) mass is 253 g/mol. The number of hydrogen-bond donors (Lipinski definition) is 1. The molecule has 0 radical (unpaired) electrons. The van der Waals surface area contributed by atoms with Gasteiger partial charge < -0.3 is 10.1 Å². The Morgan fingerprint density at radius 1 is 1.00 bits per heavy atom. The molecule has 2 saturated heterocycles. The molecule has 1 N–H and O–H groups in total. The van der Waals surface area contributed by atoms with Crippen molar-refractivity contribution < 1.29 is 4.74 Å². The third kappa shape index (κ3) is 2.72. The van der Waals surface area contributed by atoms with E-state index in [2.05, 4.69) is 15.1 Å². The van der Waals surface area contributed by atoms with Gasteiger partial charge in [0.05, 0.1) is 6.10 Å². The van der Waals surface area contributed by atoms with Gasteiger partial charge in [0.15, 0.2) is 0 Å². The lowest BCUT2D eigenvalue weighted by Gasteiger charge is -2.51. The number of rotatable bonds is 3. The lowest BCUT2D eigenvalue weighted by Crippen LogP contribution is -2.65. The molecule has 0 bridgehead atoms. The van der Waals surface area contributed by atoms with Crippen LogP contribution in [-0.4, -0.2) is 74.4 Å². The maximum absolute atomic E-state index is 5.54. The standard InChI is InChI=1S/C14H27N3O/c1-18-14-4-2-3-12(9-14)17-10-13(11-17)16-7-5-15-6-8-16/h12-15H,2-11H2,1H3. The highest BCUT2D eigenvalue weighted by atomic mass is 16.5. The Bertz CT molecular complexity index is 262. The first kappa shape index (κ1) is 12.9. The van der Waals surface area contributed by atoms with Crippen LogP contribution < -0.4 is 5.32 Å². The van der Waals surface area contributed by atoms with Crippen LogP contribution in [0.1, 0.15) is 25.7 Å². The molecule has 0 aromatic heterocycles. The quantitative estimate of drug-likeness (QED) is 0.794. The second-order valence-electron chi connectivity index (χ2n) is 6.07. The molecule has 0 amide bonds. The third-order valence-corrected chi connectivity index (χ3v) is 5.01. The zero-order valence-electron chi connectivity index (χ0n) is 11.6. The minimum atomic E-state index is 0.516. The number of piperazine rings is 1. The molecule has 0 aromatic rings. The van der Waals surface area contributed by atoms with Crippen molar-refractivity contribution in [2.75, 3.05) is 46.4 Å². The van der Waals surface area contributed by atoms with Crippen LogP contribution in [0.3, 0.4) is 0 Å². The van der Waals surface area contributed by atoms with E-state index in [0.29, 0.717) is 6.10 Å². The maximum Gasteiger partial charge on any atom is 0.0586 e. The molecule has 0 aromatic carbocycles. The molecule has 104 valence electrons. The summed E-state index contributed by atoms with van der Waals surface area (Å²) in [6.45, 7) is 7.41. The van der Waals surface area contributed by atoms with Crippen LogP contribution in [0.25, 0.3) is 0 Å². The van der Waals surface area contributed by atoms with Crippen molar-refractivity contribution in [2.24, 2.45) is 0 Å². The fourth-order valence-corrected chi connectivity index (χ4v) is 3.73. The van der Waals surface area contributed by atoms with Crippen LogP contribution in [0.15, 0.2) is 0 Å². The fraction of sp³-hybridized carbons (Fsp3) is 1.00. The number of nitrogens with zero attached hydrogens (tertiary/aromatic N) is 2. The highest BCUT2D eigenvalue weighted by Gasteiger charge is 2.37. The number of ether oxygens (including phenoxy) is 1. The average molecular weight is 253 g/mol. The van der Waals surface area contributed by atoms with E-state index in [0.717, 1.165) is 12.1 Å². The molecule has 4 nitrogen and oxygen atoms in total. The van der Waals surface area contributed by atoms with Crippen molar-refractivity contribution in [3.05, 3.63) is 0 Å². The van der Waals surface area contributed by atoms with Crippen LogP contribution in [0.2, 0.25) is 0 Å². The number of likely N-dealkylation sites (tertiary alicyclic amines) is 1. The molecule has 3 fully saturated rings. The Labute approximate surface area is 111 Å². The molecule has 1 aliphatic carbocycles. The van der Waals surface area contributed by atoms with E-state index >= 15 is 0 Å². The Morgan fingerprint density at radius 2 is 1.78 bits per heavy atom. The van der Waals surface area contributed by atoms with Crippen LogP contribution in [0, 0.1) is 0 Å². The first-order chi connectivity index (χ1) is 8.86. The smallest absolute Gasteiger partial charge is 0.0586 e. The largest absolute Gasteiger partial charge is 0.381 e. The molecule has 2 atom stereocenters. The third-order valence-electron chi connectivity index (χ3n) is 5.01. The van der Waals surface area contributed by atoms with Crippen LogP contribution >= 0.6 is 0 Å². The van der Waals surface area contributed by atoms with E-state index in [-0.39, 0.29) is 0 Å². The second kappa shape index (κ2) is 5.87. The van der Waals surface area contributed by atoms with Gasteiger partial charge in [-0.15, -0.1) is 0 Å². The molecule has 0 spiro atoms. The van der Waals surface area contributed by atoms with Crippen molar-refractivity contribution in [1.29, 1.82) is 0 Å². The van der Waals surface area contributed by atoms with Gasteiger partial charge >= 0.3 is 0 Å². The van der Waals surface area contributed by atoms with Crippen LogP contribution in [-0.2, 0) is 4.74 Å². The predicted octanol–water partition coefficient (Wildman–Crippen LogP) is 0.533. The zero-order valence-corrected chi connectivity index (χ0v) is 11.6. The van der Waals surface area contributed by atoms with Gasteiger partial charge in [-0.2, -0.15) is 0 Å².